The van der Waals surface area contributed by atoms with Gasteiger partial charge >= 0.3 is 5.97 Å². The molecule has 0 aliphatic rings. The predicted molar refractivity (Wildman–Crippen MR) is 66.1 cm³/mol. The molecule has 0 radical (unpaired) electrons. The van der Waals surface area contributed by atoms with Gasteiger partial charge in [0.2, 0.25) is 0 Å². The summed E-state index contributed by atoms with van der Waals surface area (Å²) in [6.07, 6.45) is 1.24. The highest BCUT2D eigenvalue weighted by molar-refractivity contribution is 6.22. The van der Waals surface area contributed by atoms with Crippen LogP contribution in [0.3, 0.4) is 0 Å². The molecule has 1 rings (SSSR count). The molecule has 0 aromatic heterocycles. The molecular weight excluding hydrogens is 218 g/mol. The number of carbonyl (C=O) groups excluding carboxylic acids is 2. The van der Waals surface area contributed by atoms with Crippen LogP contribution in [-0.4, -0.2) is 18.4 Å². The van der Waals surface area contributed by atoms with Gasteiger partial charge in [-0.2, -0.15) is 0 Å². The second-order valence-corrected chi connectivity index (χ2v) is 3.48. The molecule has 17 heavy (non-hydrogen) atoms. The fourth-order valence-corrected chi connectivity index (χ4v) is 1.40. The fourth-order valence-electron chi connectivity index (χ4n) is 1.40. The number of nitrogen functional groups attached to an aromatic ring is 1. The van der Waals surface area contributed by atoms with E-state index in [1.165, 1.54) is 13.0 Å². The normalized spacial score (nSPS) is 11.1. The molecule has 0 bridgehead atoms. The number of benzene rings is 1. The predicted octanol–water partition coefficient (Wildman–Crippen LogP) is 1.80. The third-order valence-corrected chi connectivity index (χ3v) is 2.09. The van der Waals surface area contributed by atoms with Crippen LogP contribution in [0.2, 0.25) is 0 Å². The Morgan fingerprint density at radius 3 is 2.53 bits per heavy atom. The second kappa shape index (κ2) is 5.84. The first kappa shape index (κ1) is 13.0. The molecule has 0 saturated carbocycles. The minimum atomic E-state index is -0.541. The summed E-state index contributed by atoms with van der Waals surface area (Å²) < 4.78 is 4.90. The summed E-state index contributed by atoms with van der Waals surface area (Å²) >= 11 is 0. The monoisotopic (exact) mass is 233 g/mol. The molecule has 2 N–H and O–H groups in total. The molecule has 0 heterocycles. The Bertz CT molecular complexity index is 463. The zero-order valence-corrected chi connectivity index (χ0v) is 9.90. The molecule has 4 nitrogen and oxygen atoms in total. The van der Waals surface area contributed by atoms with Crippen molar-refractivity contribution in [2.45, 2.75) is 13.8 Å². The van der Waals surface area contributed by atoms with Gasteiger partial charge in [0.25, 0.3) is 0 Å². The Morgan fingerprint density at radius 2 is 2.00 bits per heavy atom. The van der Waals surface area contributed by atoms with E-state index in [1.807, 2.05) is 0 Å². The van der Waals surface area contributed by atoms with E-state index in [9.17, 15) is 9.59 Å². The van der Waals surface area contributed by atoms with Crippen molar-refractivity contribution in [3.63, 3.8) is 0 Å². The molecule has 0 unspecified atom stereocenters. The summed E-state index contributed by atoms with van der Waals surface area (Å²) in [5.74, 6) is -0.767. The topological polar surface area (TPSA) is 69.4 Å². The van der Waals surface area contributed by atoms with E-state index in [0.29, 0.717) is 11.3 Å². The van der Waals surface area contributed by atoms with Gasteiger partial charge in [0.05, 0.1) is 12.2 Å². The number of esters is 1. The lowest BCUT2D eigenvalue weighted by molar-refractivity contribution is -0.136. The maximum Gasteiger partial charge on any atom is 0.338 e. The van der Waals surface area contributed by atoms with E-state index >= 15 is 0 Å². The molecule has 0 fully saturated rings. The van der Waals surface area contributed by atoms with Gasteiger partial charge in [0.15, 0.2) is 5.78 Å². The molecule has 90 valence electrons. The van der Waals surface area contributed by atoms with Crippen LogP contribution < -0.4 is 5.73 Å². The van der Waals surface area contributed by atoms with Gasteiger partial charge in [-0.05, 0) is 26.0 Å². The van der Waals surface area contributed by atoms with Crippen LogP contribution in [0.4, 0.5) is 5.69 Å². The number of nitrogens with two attached hydrogens (primary N) is 1. The summed E-state index contributed by atoms with van der Waals surface area (Å²) in [5.41, 5.74) is 6.92. The second-order valence-electron chi connectivity index (χ2n) is 3.48. The number of rotatable bonds is 4. The molecule has 0 amide bonds. The number of ether oxygens (including phenoxy) is 1. The number of anilines is 1. The lowest BCUT2D eigenvalue weighted by Crippen LogP contribution is -2.09. The minimum Gasteiger partial charge on any atom is -0.462 e. The smallest absolute Gasteiger partial charge is 0.338 e. The highest BCUT2D eigenvalue weighted by atomic mass is 16.5. The van der Waals surface area contributed by atoms with Crippen LogP contribution in [0.5, 0.6) is 0 Å². The van der Waals surface area contributed by atoms with Gasteiger partial charge in [-0.1, -0.05) is 18.2 Å². The minimum absolute atomic E-state index is 0.192. The van der Waals surface area contributed by atoms with Gasteiger partial charge < -0.3 is 10.5 Å². The number of allylic oxidation sites excluding steroid dienone is 1. The van der Waals surface area contributed by atoms with E-state index in [0.717, 1.165) is 0 Å². The van der Waals surface area contributed by atoms with E-state index in [4.69, 9.17) is 10.5 Å². The molecule has 0 spiro atoms. The zero-order valence-electron chi connectivity index (χ0n) is 9.90. The summed E-state index contributed by atoms with van der Waals surface area (Å²) in [5, 5.41) is 0. The van der Waals surface area contributed by atoms with Crippen molar-refractivity contribution < 1.29 is 14.3 Å². The van der Waals surface area contributed by atoms with Gasteiger partial charge in [0.1, 0.15) is 0 Å². The first-order valence-corrected chi connectivity index (χ1v) is 5.30. The molecule has 0 atom stereocenters. The van der Waals surface area contributed by atoms with Gasteiger partial charge in [-0.3, -0.25) is 4.79 Å². The zero-order chi connectivity index (χ0) is 12.8. The summed E-state index contributed by atoms with van der Waals surface area (Å²) in [6, 6.07) is 6.86. The van der Waals surface area contributed by atoms with Crippen LogP contribution in [-0.2, 0) is 14.3 Å². The van der Waals surface area contributed by atoms with Crippen molar-refractivity contribution in [2.24, 2.45) is 0 Å². The lowest BCUT2D eigenvalue weighted by atomic mass is 10.0. The number of ketones is 1. The van der Waals surface area contributed by atoms with E-state index < -0.39 is 5.97 Å². The fraction of sp³-hybridized carbons (Fsp3) is 0.231. The Kier molecular flexibility index (Phi) is 4.46. The first-order chi connectivity index (χ1) is 8.06. The van der Waals surface area contributed by atoms with Crippen molar-refractivity contribution in [3.8, 4) is 0 Å². The molecular formula is C13H15NO3. The summed E-state index contributed by atoms with van der Waals surface area (Å²) in [7, 11) is 0. The third kappa shape index (κ3) is 3.45. The number of hydrogen-bond acceptors (Lipinski definition) is 4. The van der Waals surface area contributed by atoms with Crippen LogP contribution >= 0.6 is 0 Å². The average molecular weight is 233 g/mol. The van der Waals surface area contributed by atoms with Crippen molar-refractivity contribution in [1.29, 1.82) is 0 Å². The molecule has 0 aliphatic heterocycles. The Balaban J connectivity index is 3.21. The average Bonchev–Trinajstić information content (AvgIpc) is 2.27. The van der Waals surface area contributed by atoms with Crippen molar-refractivity contribution in [1.82, 2.24) is 0 Å². The highest BCUT2D eigenvalue weighted by Gasteiger charge is 2.15. The third-order valence-electron chi connectivity index (χ3n) is 2.09. The summed E-state index contributed by atoms with van der Waals surface area (Å²) in [6.45, 7) is 3.33. The van der Waals surface area contributed by atoms with E-state index in [1.54, 1.807) is 31.2 Å². The van der Waals surface area contributed by atoms with Crippen molar-refractivity contribution in [3.05, 3.63) is 35.9 Å². The summed E-state index contributed by atoms with van der Waals surface area (Å²) in [4.78, 5) is 22.9. The van der Waals surface area contributed by atoms with E-state index in [-0.39, 0.29) is 18.0 Å². The quantitative estimate of drug-likeness (QED) is 0.489. The Hall–Kier alpha value is -2.10. The Morgan fingerprint density at radius 1 is 1.35 bits per heavy atom. The number of para-hydroxylation sites is 1. The van der Waals surface area contributed by atoms with Gasteiger partial charge in [-0.15, -0.1) is 0 Å². The Labute approximate surface area is 100 Å². The largest absolute Gasteiger partial charge is 0.462 e. The standard InChI is InChI=1S/C13H15NO3/c1-3-17-13(16)11(8-9(2)15)10-6-4-5-7-12(10)14/h4-8H,3,14H2,1-2H3/b11-8-. The maximum atomic E-state index is 11.7. The van der Waals surface area contributed by atoms with Crippen LogP contribution in [0.25, 0.3) is 5.57 Å². The molecule has 4 heteroatoms. The molecule has 1 aromatic rings. The van der Waals surface area contributed by atoms with Gasteiger partial charge in [0, 0.05) is 11.3 Å². The van der Waals surface area contributed by atoms with Crippen molar-refractivity contribution >= 4 is 23.0 Å². The number of carbonyl (C=O) groups is 2. The number of hydrogen-bond donors (Lipinski definition) is 1. The van der Waals surface area contributed by atoms with Crippen LogP contribution in [0.1, 0.15) is 19.4 Å². The van der Waals surface area contributed by atoms with E-state index in [2.05, 4.69) is 0 Å². The molecule has 1 aromatic carbocycles. The SMILES string of the molecule is CCOC(=O)/C(=C\C(C)=O)c1ccccc1N. The maximum absolute atomic E-state index is 11.7. The van der Waals surface area contributed by atoms with Crippen LogP contribution in [0.15, 0.2) is 30.3 Å². The highest BCUT2D eigenvalue weighted by Crippen LogP contribution is 2.22. The molecule has 0 saturated heterocycles. The van der Waals surface area contributed by atoms with Crippen molar-refractivity contribution in [2.75, 3.05) is 12.3 Å². The van der Waals surface area contributed by atoms with Gasteiger partial charge in [-0.25, -0.2) is 4.79 Å². The first-order valence-electron chi connectivity index (χ1n) is 5.30. The molecule has 0 aliphatic carbocycles. The van der Waals surface area contributed by atoms with Crippen LogP contribution in [0, 0.1) is 0 Å². The lowest BCUT2D eigenvalue weighted by Gasteiger charge is -2.09.